The van der Waals surface area contributed by atoms with E-state index in [1.165, 1.54) is 12.0 Å². The number of ketones is 1. The van der Waals surface area contributed by atoms with Crippen molar-refractivity contribution < 1.29 is 9.53 Å². The van der Waals surface area contributed by atoms with Gasteiger partial charge in [0.15, 0.2) is 5.78 Å². The molecule has 10 atom stereocenters. The minimum Gasteiger partial charge on any atom is -0.374 e. The molecule has 0 amide bonds. The Bertz CT molecular complexity index is 1110. The normalized spacial score (nSPS) is 57.3. The van der Waals surface area contributed by atoms with Gasteiger partial charge < -0.3 is 27.5 Å². The third-order valence-electron chi connectivity index (χ3n) is 12.4. The van der Waals surface area contributed by atoms with Crippen molar-refractivity contribution in [2.75, 3.05) is 6.61 Å². The molecule has 198 valence electrons. The fraction of sp³-hybridized carbons (Fsp3) is 0.821. The summed E-state index contributed by atoms with van der Waals surface area (Å²) in [6.07, 6.45) is 8.46. The van der Waals surface area contributed by atoms with Crippen LogP contribution in [0.3, 0.4) is 0 Å². The lowest BCUT2D eigenvalue weighted by atomic mass is 9.40. The second-order valence-corrected chi connectivity index (χ2v) is 15.6. The van der Waals surface area contributed by atoms with Crippen LogP contribution in [0.15, 0.2) is 16.8 Å². The number of hydrazone groups is 1. The van der Waals surface area contributed by atoms with E-state index >= 15 is 0 Å². The van der Waals surface area contributed by atoms with Gasteiger partial charge in [-0.25, -0.2) is 0 Å². The van der Waals surface area contributed by atoms with Crippen LogP contribution >= 0.6 is 22.6 Å². The number of alkyl halides is 1. The van der Waals surface area contributed by atoms with Crippen molar-refractivity contribution >= 4 is 39.8 Å². The first kappa shape index (κ1) is 25.4. The Balaban J connectivity index is 1.45. The number of halogens is 1. The highest BCUT2D eigenvalue weighted by Crippen LogP contribution is 2.74. The van der Waals surface area contributed by atoms with Gasteiger partial charge in [-0.05, 0) is 61.3 Å². The molecule has 7 N–H and O–H groups in total. The van der Waals surface area contributed by atoms with Crippen LogP contribution in [-0.2, 0) is 9.53 Å². The molecule has 0 bridgehead atoms. The predicted octanol–water partition coefficient (Wildman–Crippen LogP) is 3.86. The Hall–Kier alpha value is -0.840. The number of ether oxygens (including phenoxy) is 1. The van der Waals surface area contributed by atoms with E-state index in [0.717, 1.165) is 31.6 Å². The van der Waals surface area contributed by atoms with Crippen molar-refractivity contribution in [1.29, 1.82) is 5.41 Å². The van der Waals surface area contributed by atoms with Crippen molar-refractivity contribution in [3.8, 4) is 0 Å². The van der Waals surface area contributed by atoms with E-state index in [1.807, 2.05) is 0 Å². The van der Waals surface area contributed by atoms with Crippen molar-refractivity contribution in [3.63, 3.8) is 0 Å². The molecule has 8 heteroatoms. The maximum absolute atomic E-state index is 12.8. The molecule has 0 radical (unpaired) electrons. The van der Waals surface area contributed by atoms with E-state index in [4.69, 9.17) is 22.0 Å². The number of allylic oxidation sites excluding steroid dienone is 1. The first-order valence-electron chi connectivity index (χ1n) is 13.7. The molecule has 36 heavy (non-hydrogen) atoms. The lowest BCUT2D eigenvalue weighted by Gasteiger charge is -2.70. The molecule has 1 spiro atoms. The Morgan fingerprint density at radius 1 is 1.14 bits per heavy atom. The average molecular weight is 608 g/mol. The molecule has 0 aromatic carbocycles. The molecule has 1 heterocycles. The molecule has 0 unspecified atom stereocenters. The lowest BCUT2D eigenvalue weighted by Crippen LogP contribution is -2.81. The Morgan fingerprint density at radius 3 is 2.50 bits per heavy atom. The van der Waals surface area contributed by atoms with E-state index in [9.17, 15) is 10.2 Å². The molecular formula is C28H42IN5O2. The highest BCUT2D eigenvalue weighted by molar-refractivity contribution is 14.1. The van der Waals surface area contributed by atoms with E-state index in [2.05, 4.69) is 61.5 Å². The van der Waals surface area contributed by atoms with Crippen LogP contribution in [0.1, 0.15) is 79.1 Å². The van der Waals surface area contributed by atoms with E-state index < -0.39 is 19.9 Å². The fourth-order valence-electron chi connectivity index (χ4n) is 9.97. The van der Waals surface area contributed by atoms with Gasteiger partial charge in [-0.1, -0.05) is 56.4 Å². The maximum Gasteiger partial charge on any atom is 0.180 e. The van der Waals surface area contributed by atoms with Gasteiger partial charge in [-0.2, -0.15) is 5.10 Å². The smallest absolute Gasteiger partial charge is 0.180 e. The van der Waals surface area contributed by atoms with E-state index in [-0.39, 0.29) is 23.2 Å². The molecule has 5 aliphatic carbocycles. The van der Waals surface area contributed by atoms with Crippen LogP contribution in [0.2, 0.25) is 0 Å². The lowest BCUT2D eigenvalue weighted by molar-refractivity contribution is -0.125. The number of nitrogens with zero attached hydrogens (tertiary/aromatic N) is 1. The standard InChI is InChI=1S/C28H42IN5O2/c1-15-5-6-25(36-14-15)10-17-9-20-24(4,22(17)16(25)2)21(30)13-28(29)23(3)11-18(34-33)19(35)12-26(23,31)7-8-27(20,28)32/h9,15-17,22,30H,5-8,10-14,31-33H2,1-4H3/b30-21?,34-18-/t15-,16+,17-,22+,23+,24-,25-,26-,27-,28+/m1/s1. The van der Waals surface area contributed by atoms with Gasteiger partial charge in [0.1, 0.15) is 5.71 Å². The van der Waals surface area contributed by atoms with Gasteiger partial charge in [0.25, 0.3) is 0 Å². The van der Waals surface area contributed by atoms with E-state index in [0.29, 0.717) is 48.6 Å². The first-order chi connectivity index (χ1) is 16.7. The summed E-state index contributed by atoms with van der Waals surface area (Å²) in [7, 11) is 0. The molecule has 5 fully saturated rings. The molecule has 0 aromatic rings. The first-order valence-corrected chi connectivity index (χ1v) is 14.8. The third-order valence-corrected chi connectivity index (χ3v) is 14.9. The Labute approximate surface area is 228 Å². The monoisotopic (exact) mass is 607 g/mol. The molecular weight excluding hydrogens is 565 g/mol. The zero-order valence-electron chi connectivity index (χ0n) is 22.1. The highest BCUT2D eigenvalue weighted by atomic mass is 127. The molecule has 6 aliphatic rings. The molecule has 6 rings (SSSR count). The van der Waals surface area contributed by atoms with Crippen LogP contribution in [0.5, 0.6) is 0 Å². The van der Waals surface area contributed by atoms with Gasteiger partial charge in [-0.15, -0.1) is 0 Å². The van der Waals surface area contributed by atoms with Gasteiger partial charge in [0, 0.05) is 47.9 Å². The number of nitrogens with two attached hydrogens (primary N) is 3. The average Bonchev–Trinajstić information content (AvgIpc) is 3.27. The topological polar surface area (TPSA) is 141 Å². The number of Topliss-reactive ketones (excluding diaryl/α,β-unsaturated/α-hetero) is 1. The summed E-state index contributed by atoms with van der Waals surface area (Å²) in [6.45, 7) is 9.96. The van der Waals surface area contributed by atoms with E-state index in [1.54, 1.807) is 0 Å². The van der Waals surface area contributed by atoms with Gasteiger partial charge >= 0.3 is 0 Å². The number of hydrogen-bond donors (Lipinski definition) is 4. The summed E-state index contributed by atoms with van der Waals surface area (Å²) in [5, 5.41) is 13.5. The highest BCUT2D eigenvalue weighted by Gasteiger charge is 2.77. The second-order valence-electron chi connectivity index (χ2n) is 13.8. The van der Waals surface area contributed by atoms with Crippen LogP contribution in [0, 0.1) is 39.9 Å². The Morgan fingerprint density at radius 2 is 1.86 bits per heavy atom. The van der Waals surface area contributed by atoms with Crippen LogP contribution in [-0.4, -0.2) is 43.9 Å². The predicted molar refractivity (Wildman–Crippen MR) is 150 cm³/mol. The van der Waals surface area contributed by atoms with Crippen molar-refractivity contribution in [3.05, 3.63) is 11.6 Å². The van der Waals surface area contributed by atoms with Crippen molar-refractivity contribution in [2.24, 2.45) is 56.9 Å². The summed E-state index contributed by atoms with van der Waals surface area (Å²) in [5.74, 6) is 7.33. The summed E-state index contributed by atoms with van der Waals surface area (Å²) in [4.78, 5) is 12.8. The minimum absolute atomic E-state index is 0.0479. The number of rotatable bonds is 0. The number of fused-ring (bicyclic) bond motifs is 7. The van der Waals surface area contributed by atoms with Crippen molar-refractivity contribution in [2.45, 2.75) is 99.2 Å². The summed E-state index contributed by atoms with van der Waals surface area (Å²) in [6, 6.07) is 0. The zero-order valence-corrected chi connectivity index (χ0v) is 24.3. The third kappa shape index (κ3) is 2.68. The molecule has 7 nitrogen and oxygen atoms in total. The molecule has 1 aliphatic heterocycles. The van der Waals surface area contributed by atoms with Gasteiger partial charge in [-0.3, -0.25) is 4.79 Å². The summed E-state index contributed by atoms with van der Waals surface area (Å²) < 4.78 is 6.11. The van der Waals surface area contributed by atoms with Crippen LogP contribution in [0.25, 0.3) is 0 Å². The molecule has 1 saturated heterocycles. The number of carbonyl (C=O) groups is 1. The Kier molecular flexibility index (Phi) is 5.24. The SMILES string of the molecule is C[C@@H]1CC[C@]2(C[C@H]3C=C4[C@](C)(C(=N)C[C@]5(I)[C@@]6(C)C/C(=N/N)C(=O)C[C@]6(N)CC[C@@]45N)[C@H]3[C@@H]2C)OC1. The maximum atomic E-state index is 12.8. The van der Waals surface area contributed by atoms with Gasteiger partial charge in [0.05, 0.1) is 14.6 Å². The fourth-order valence-corrected chi connectivity index (χ4v) is 11.6. The minimum atomic E-state index is -0.685. The van der Waals surface area contributed by atoms with Crippen LogP contribution < -0.4 is 17.3 Å². The second kappa shape index (κ2) is 7.42. The summed E-state index contributed by atoms with van der Waals surface area (Å²) >= 11 is 2.55. The summed E-state index contributed by atoms with van der Waals surface area (Å²) in [5.41, 5.74) is 14.9. The quantitative estimate of drug-likeness (QED) is 0.109. The number of hydrogen-bond acceptors (Lipinski definition) is 7. The molecule has 0 aromatic heterocycles. The number of nitrogens with one attached hydrogen (secondary N) is 1. The largest absolute Gasteiger partial charge is 0.374 e. The van der Waals surface area contributed by atoms with Gasteiger partial charge in [0.2, 0.25) is 0 Å². The van der Waals surface area contributed by atoms with Crippen molar-refractivity contribution in [1.82, 2.24) is 0 Å². The molecule has 4 saturated carbocycles. The zero-order chi connectivity index (χ0) is 26.1. The van der Waals surface area contributed by atoms with Crippen LogP contribution in [0.4, 0.5) is 0 Å². The number of carbonyl (C=O) groups excluding carboxylic acids is 1.